The zero-order valence-electron chi connectivity index (χ0n) is 26.0. The number of allylic oxidation sites excluding steroid dienone is 2. The number of methoxy groups -OCH3 is 1. The number of ether oxygens (including phenoxy) is 4. The molecule has 9 heteroatoms. The van der Waals surface area contributed by atoms with Gasteiger partial charge in [0.05, 0.1) is 23.2 Å². The first kappa shape index (κ1) is 29.6. The van der Waals surface area contributed by atoms with Gasteiger partial charge in [0, 0.05) is 36.5 Å². The minimum Gasteiger partial charge on any atom is -0.506 e. The van der Waals surface area contributed by atoms with Gasteiger partial charge in [0.15, 0.2) is 22.8 Å². The second-order valence-electron chi connectivity index (χ2n) is 13.9. The third-order valence-corrected chi connectivity index (χ3v) is 10.2. The second-order valence-corrected chi connectivity index (χ2v) is 13.9. The van der Waals surface area contributed by atoms with E-state index in [1.165, 1.54) is 20.1 Å². The number of phenols is 1. The molecule has 3 aliphatic carbocycles. The number of ketones is 2. The molecule has 3 aliphatic heterocycles. The lowest BCUT2D eigenvalue weighted by Gasteiger charge is -2.62. The molecule has 1 unspecified atom stereocenters. The normalized spacial score (nSPS) is 34.1. The van der Waals surface area contributed by atoms with E-state index in [0.29, 0.717) is 29.7 Å². The van der Waals surface area contributed by atoms with Crippen molar-refractivity contribution in [3.63, 3.8) is 0 Å². The summed E-state index contributed by atoms with van der Waals surface area (Å²) in [6.45, 7) is 13.0. The molecule has 3 heterocycles. The van der Waals surface area contributed by atoms with E-state index in [1.54, 1.807) is 6.08 Å². The van der Waals surface area contributed by atoms with Gasteiger partial charge in [-0.15, -0.1) is 0 Å². The van der Waals surface area contributed by atoms with Crippen molar-refractivity contribution in [1.82, 2.24) is 0 Å². The number of hydrogen-bond acceptors (Lipinski definition) is 8. The molecule has 1 aromatic carbocycles. The highest BCUT2D eigenvalue weighted by atomic mass is 16.6. The first-order valence-electron chi connectivity index (χ1n) is 14.9. The van der Waals surface area contributed by atoms with E-state index >= 15 is 0 Å². The van der Waals surface area contributed by atoms with Crippen LogP contribution in [0.25, 0.3) is 6.08 Å². The summed E-state index contributed by atoms with van der Waals surface area (Å²) >= 11 is 0. The summed E-state index contributed by atoms with van der Waals surface area (Å²) in [6, 6.07) is 0. The first-order valence-corrected chi connectivity index (χ1v) is 14.9. The SMILES string of the molecule is CO[C@@H]1C2C(=O)c3c(O)c4c(c(CC=C(C)C)c3O[C@@]23[C@H]2C[C@@H]1C(=O)[C@]3(C/C=C(/C)C(=O)O)OC2(C)C)OC(C)(C)C=C4. The highest BCUT2D eigenvalue weighted by Crippen LogP contribution is 2.70. The van der Waals surface area contributed by atoms with Gasteiger partial charge in [0.2, 0.25) is 0 Å². The van der Waals surface area contributed by atoms with Crippen LogP contribution in [0.1, 0.15) is 82.8 Å². The van der Waals surface area contributed by atoms with Gasteiger partial charge in [0.1, 0.15) is 28.4 Å². The molecule has 0 aromatic heterocycles. The van der Waals surface area contributed by atoms with E-state index in [4.69, 9.17) is 18.9 Å². The summed E-state index contributed by atoms with van der Waals surface area (Å²) in [4.78, 5) is 41.2. The molecule has 43 heavy (non-hydrogen) atoms. The second kappa shape index (κ2) is 9.29. The van der Waals surface area contributed by atoms with Crippen molar-refractivity contribution in [2.75, 3.05) is 7.11 Å². The summed E-state index contributed by atoms with van der Waals surface area (Å²) in [5, 5.41) is 21.3. The number of phenolic OH excluding ortho intramolecular Hbond substituents is 1. The number of rotatable bonds is 6. The summed E-state index contributed by atoms with van der Waals surface area (Å²) in [5.41, 5.74) is -2.57. The van der Waals surface area contributed by atoms with Gasteiger partial charge in [-0.25, -0.2) is 4.79 Å². The average molecular weight is 593 g/mol. The monoisotopic (exact) mass is 592 g/mol. The van der Waals surface area contributed by atoms with Gasteiger partial charge in [-0.3, -0.25) is 9.59 Å². The summed E-state index contributed by atoms with van der Waals surface area (Å²) < 4.78 is 26.2. The standard InChI is InChI=1S/C34H40O9/c1-16(2)9-10-19-26-18(12-13-31(4,5)41-26)24(35)22-25(36)23-28(40-8)20-15-21-32(6,7)43-33(29(20)37,14-11-17(3)30(38)39)34(21,23)42-27(19)22/h9,11-13,20-21,23,28,35H,10,14-15H2,1-8H3,(H,38,39)/b17-11-/t20-,21-,23?,28-,33-,34-/m0/s1. The van der Waals surface area contributed by atoms with E-state index in [-0.39, 0.29) is 40.6 Å². The van der Waals surface area contributed by atoms with E-state index in [0.717, 1.165) is 5.57 Å². The van der Waals surface area contributed by atoms with Crippen LogP contribution in [0.2, 0.25) is 0 Å². The van der Waals surface area contributed by atoms with E-state index in [2.05, 4.69) is 0 Å². The van der Waals surface area contributed by atoms with Gasteiger partial charge in [-0.05, 0) is 73.5 Å². The zero-order valence-corrected chi connectivity index (χ0v) is 26.0. The van der Waals surface area contributed by atoms with E-state index in [9.17, 15) is 24.6 Å². The summed E-state index contributed by atoms with van der Waals surface area (Å²) in [5.74, 6) is -3.41. The van der Waals surface area contributed by atoms with Crippen molar-refractivity contribution < 1.29 is 43.5 Å². The summed E-state index contributed by atoms with van der Waals surface area (Å²) in [6.07, 6.45) is 6.97. The van der Waals surface area contributed by atoms with Crippen LogP contribution in [0, 0.1) is 17.8 Å². The average Bonchev–Trinajstić information content (AvgIpc) is 3.06. The van der Waals surface area contributed by atoms with Crippen LogP contribution in [-0.2, 0) is 25.5 Å². The number of hydrogen-bond donors (Lipinski definition) is 2. The van der Waals surface area contributed by atoms with Gasteiger partial charge >= 0.3 is 5.97 Å². The van der Waals surface area contributed by atoms with Gasteiger partial charge in [-0.1, -0.05) is 17.7 Å². The molecule has 4 fully saturated rings. The minimum absolute atomic E-state index is 0.0474. The van der Waals surface area contributed by atoms with Gasteiger partial charge < -0.3 is 29.2 Å². The fraction of sp³-hybridized carbons (Fsp3) is 0.559. The van der Waals surface area contributed by atoms with Gasteiger partial charge in [-0.2, -0.15) is 0 Å². The molecule has 6 atom stereocenters. The lowest BCUT2D eigenvalue weighted by molar-refractivity contribution is -0.224. The van der Waals surface area contributed by atoms with Crippen LogP contribution in [0.15, 0.2) is 29.4 Å². The number of carboxylic acids is 1. The summed E-state index contributed by atoms with van der Waals surface area (Å²) in [7, 11) is 1.48. The Morgan fingerprint density at radius 1 is 1.09 bits per heavy atom. The first-order chi connectivity index (χ1) is 20.0. The largest absolute Gasteiger partial charge is 0.506 e. The number of carbonyl (C=O) groups is 3. The van der Waals surface area contributed by atoms with Crippen LogP contribution in [-0.4, -0.2) is 63.4 Å². The van der Waals surface area contributed by atoms with Crippen molar-refractivity contribution >= 4 is 23.6 Å². The smallest absolute Gasteiger partial charge is 0.330 e. The fourth-order valence-electron chi connectivity index (χ4n) is 8.31. The lowest BCUT2D eigenvalue weighted by atomic mass is 9.45. The van der Waals surface area contributed by atoms with Crippen LogP contribution in [0.3, 0.4) is 0 Å². The Labute approximate surface area is 251 Å². The van der Waals surface area contributed by atoms with Crippen LogP contribution in [0.5, 0.6) is 17.2 Å². The highest BCUT2D eigenvalue weighted by Gasteiger charge is 2.85. The Hall–Kier alpha value is -3.43. The molecule has 0 radical (unpaired) electrons. The number of carbonyl (C=O) groups excluding carboxylic acids is 2. The molecule has 7 rings (SSSR count). The van der Waals surface area contributed by atoms with Crippen LogP contribution in [0.4, 0.5) is 0 Å². The molecule has 6 aliphatic rings. The molecule has 3 saturated carbocycles. The molecule has 230 valence electrons. The molecule has 9 nitrogen and oxygen atoms in total. The molecular formula is C34H40O9. The predicted octanol–water partition coefficient (Wildman–Crippen LogP) is 5.22. The Kier molecular flexibility index (Phi) is 6.40. The van der Waals surface area contributed by atoms with Crippen LogP contribution < -0.4 is 9.47 Å². The lowest BCUT2D eigenvalue weighted by Crippen LogP contribution is -2.80. The molecule has 1 saturated heterocycles. The maximum atomic E-state index is 14.9. The molecule has 0 amide bonds. The Balaban J connectivity index is 1.68. The molecular weight excluding hydrogens is 552 g/mol. The van der Waals surface area contributed by atoms with Crippen molar-refractivity contribution in [3.05, 3.63) is 46.1 Å². The topological polar surface area (TPSA) is 129 Å². The molecule has 1 spiro atoms. The third-order valence-electron chi connectivity index (χ3n) is 10.2. The molecule has 2 N–H and O–H groups in total. The maximum absolute atomic E-state index is 14.9. The third kappa shape index (κ3) is 3.80. The Morgan fingerprint density at radius 2 is 1.79 bits per heavy atom. The predicted molar refractivity (Wildman–Crippen MR) is 157 cm³/mol. The number of fused-ring (bicyclic) bond motifs is 2. The van der Waals surface area contributed by atoms with Crippen molar-refractivity contribution in [3.8, 4) is 17.2 Å². The van der Waals surface area contributed by atoms with Crippen molar-refractivity contribution in [1.29, 1.82) is 0 Å². The minimum atomic E-state index is -1.65. The number of Topliss-reactive ketones (excluding diaryl/α,β-unsaturated/α-hetero) is 2. The van der Waals surface area contributed by atoms with Gasteiger partial charge in [0.25, 0.3) is 0 Å². The Morgan fingerprint density at radius 3 is 2.42 bits per heavy atom. The maximum Gasteiger partial charge on any atom is 0.330 e. The number of aromatic hydroxyl groups is 1. The number of carboxylic acid groups (broad SMARTS) is 1. The number of benzene rings is 1. The zero-order chi connectivity index (χ0) is 31.4. The van der Waals surface area contributed by atoms with Crippen molar-refractivity contribution in [2.45, 2.75) is 96.2 Å². The quantitative estimate of drug-likeness (QED) is 0.338. The van der Waals surface area contributed by atoms with Crippen LogP contribution >= 0.6 is 0 Å². The molecule has 1 aromatic rings. The van der Waals surface area contributed by atoms with E-state index < -0.39 is 52.2 Å². The van der Waals surface area contributed by atoms with E-state index in [1.807, 2.05) is 53.7 Å². The number of aliphatic carboxylic acids is 1. The van der Waals surface area contributed by atoms with Crippen molar-refractivity contribution in [2.24, 2.45) is 17.8 Å². The fourth-order valence-corrected chi connectivity index (χ4v) is 8.31. The molecule has 4 bridgehead atoms. The Bertz CT molecular complexity index is 1560. The highest BCUT2D eigenvalue weighted by molar-refractivity contribution is 6.10.